The van der Waals surface area contributed by atoms with Crippen LogP contribution in [0.3, 0.4) is 0 Å². The molecule has 33 heavy (non-hydrogen) atoms. The molecule has 3 aromatic carbocycles. The Morgan fingerprint density at radius 2 is 1.45 bits per heavy atom. The average molecular weight is 433 g/mol. The molecule has 0 fully saturated rings. The van der Waals surface area contributed by atoms with E-state index >= 15 is 0 Å². The standard InChI is InChI=1S/C33H36/c1-20(2)25-18-29(33(6,7)8)31-22-14-10-9-13-21(22)17-27(31)30(25)26-19-28(32(3,4)5)24-16-12-11-15-23(24)26/h9-19,26H,1-8H3. The molecule has 1 unspecified atom stereocenters. The summed E-state index contributed by atoms with van der Waals surface area (Å²) < 4.78 is 0. The maximum absolute atomic E-state index is 2.56. The summed E-state index contributed by atoms with van der Waals surface area (Å²) in [6.45, 7) is 18.6. The molecule has 168 valence electrons. The van der Waals surface area contributed by atoms with Crippen molar-refractivity contribution >= 4 is 17.2 Å². The minimum absolute atomic E-state index is 0.0676. The summed E-state index contributed by atoms with van der Waals surface area (Å²) in [4.78, 5) is 0. The lowest BCUT2D eigenvalue weighted by molar-refractivity contribution is 0.567. The van der Waals surface area contributed by atoms with Crippen molar-refractivity contribution in [2.24, 2.45) is 5.41 Å². The first-order valence-corrected chi connectivity index (χ1v) is 12.3. The highest BCUT2D eigenvalue weighted by Gasteiger charge is 2.33. The van der Waals surface area contributed by atoms with E-state index in [1.54, 1.807) is 0 Å². The summed E-state index contributed by atoms with van der Waals surface area (Å²) in [5.41, 5.74) is 10.2. The number of fused-ring (bicyclic) bond motifs is 3. The van der Waals surface area contributed by atoms with Crippen molar-refractivity contribution in [3.8, 4) is 0 Å². The van der Waals surface area contributed by atoms with Crippen molar-refractivity contribution in [2.45, 2.75) is 66.7 Å². The Balaban J connectivity index is 1.98. The zero-order valence-electron chi connectivity index (χ0n) is 21.4. The van der Waals surface area contributed by atoms with Crippen molar-refractivity contribution in [2.75, 3.05) is 0 Å². The molecule has 0 saturated heterocycles. The van der Waals surface area contributed by atoms with Gasteiger partial charge >= 0.3 is 0 Å². The van der Waals surface area contributed by atoms with E-state index in [1.807, 2.05) is 0 Å². The van der Waals surface area contributed by atoms with Crippen LogP contribution >= 0.6 is 0 Å². The van der Waals surface area contributed by atoms with Crippen LogP contribution in [-0.2, 0) is 5.41 Å². The largest absolute Gasteiger partial charge is 0.0688 e. The Morgan fingerprint density at radius 3 is 2.12 bits per heavy atom. The van der Waals surface area contributed by atoms with Crippen LogP contribution in [0.4, 0.5) is 0 Å². The molecule has 0 nitrogen and oxygen atoms in total. The van der Waals surface area contributed by atoms with Gasteiger partial charge in [-0.25, -0.2) is 0 Å². The number of hydrogen-bond donors (Lipinski definition) is 0. The molecule has 0 heteroatoms. The molecule has 0 amide bonds. The summed E-state index contributed by atoms with van der Waals surface area (Å²) in [5.74, 6) is 0.272. The lowest BCUT2D eigenvalue weighted by Crippen LogP contribution is -2.23. The molecule has 0 aliphatic heterocycles. The Bertz CT molecular complexity index is 1530. The van der Waals surface area contributed by atoms with Crippen LogP contribution in [0.2, 0.25) is 0 Å². The lowest BCUT2D eigenvalue weighted by atomic mass is 9.79. The van der Waals surface area contributed by atoms with E-state index in [0.29, 0.717) is 0 Å². The molecule has 0 heterocycles. The molecular weight excluding hydrogens is 396 g/mol. The van der Waals surface area contributed by atoms with E-state index in [2.05, 4.69) is 122 Å². The second-order valence-electron chi connectivity index (χ2n) is 12.1. The Kier molecular flexibility index (Phi) is 4.87. The average Bonchev–Trinajstić information content (AvgIpc) is 3.30. The highest BCUT2D eigenvalue weighted by molar-refractivity contribution is 5.81. The fraction of sp³-hybridized carbons (Fsp3) is 0.333. The second kappa shape index (κ2) is 7.32. The van der Waals surface area contributed by atoms with Crippen molar-refractivity contribution in [3.63, 3.8) is 0 Å². The van der Waals surface area contributed by atoms with E-state index in [0.717, 1.165) is 0 Å². The fourth-order valence-corrected chi connectivity index (χ4v) is 5.76. The molecule has 0 radical (unpaired) electrons. The summed E-state index contributed by atoms with van der Waals surface area (Å²) >= 11 is 0. The topological polar surface area (TPSA) is 0 Å². The van der Waals surface area contributed by atoms with Crippen molar-refractivity contribution in [3.05, 3.63) is 109 Å². The monoisotopic (exact) mass is 432 g/mol. The quantitative estimate of drug-likeness (QED) is 0.299. The van der Waals surface area contributed by atoms with Gasteiger partial charge in [-0.15, -0.1) is 0 Å². The predicted molar refractivity (Wildman–Crippen MR) is 143 cm³/mol. The number of hydrogen-bond acceptors (Lipinski definition) is 0. The van der Waals surface area contributed by atoms with E-state index < -0.39 is 0 Å². The minimum atomic E-state index is 0.0676. The second-order valence-corrected chi connectivity index (χ2v) is 12.1. The molecule has 0 bridgehead atoms. The van der Waals surface area contributed by atoms with Gasteiger partial charge in [0.25, 0.3) is 0 Å². The first kappa shape index (κ1) is 22.0. The van der Waals surface area contributed by atoms with Gasteiger partial charge in [-0.3, -0.25) is 0 Å². The summed E-state index contributed by atoms with van der Waals surface area (Å²) in [6.07, 6.45) is 5.01. The molecule has 2 aliphatic carbocycles. The van der Waals surface area contributed by atoms with Crippen molar-refractivity contribution < 1.29 is 0 Å². The fourth-order valence-electron chi connectivity index (χ4n) is 5.76. The SMILES string of the molecule is CC(C)=c1cc(C(C)(C)C)c2c(c1C1C=C(C(C)(C)C)c3ccccc31)C=c1ccccc1=2. The third kappa shape index (κ3) is 3.43. The van der Waals surface area contributed by atoms with Gasteiger partial charge in [-0.05, 0) is 85.0 Å². The van der Waals surface area contributed by atoms with Crippen LogP contribution in [0, 0.1) is 15.9 Å². The van der Waals surface area contributed by atoms with Crippen LogP contribution in [0.1, 0.15) is 89.1 Å². The molecule has 5 rings (SSSR count). The number of rotatable bonds is 1. The highest BCUT2D eigenvalue weighted by atomic mass is 14.4. The summed E-state index contributed by atoms with van der Waals surface area (Å²) in [7, 11) is 0. The van der Waals surface area contributed by atoms with Crippen LogP contribution in [0.25, 0.3) is 17.2 Å². The third-order valence-corrected chi connectivity index (χ3v) is 7.32. The zero-order valence-corrected chi connectivity index (χ0v) is 21.4. The zero-order chi connectivity index (χ0) is 23.7. The molecule has 2 aliphatic rings. The smallest absolute Gasteiger partial charge is 0.0293 e. The van der Waals surface area contributed by atoms with Crippen LogP contribution in [0.15, 0.2) is 60.7 Å². The molecule has 0 aromatic heterocycles. The van der Waals surface area contributed by atoms with E-state index in [9.17, 15) is 0 Å². The van der Waals surface area contributed by atoms with E-state index in [-0.39, 0.29) is 16.7 Å². The van der Waals surface area contributed by atoms with Crippen LogP contribution in [0.5, 0.6) is 0 Å². The number of benzene rings is 3. The first-order valence-electron chi connectivity index (χ1n) is 12.3. The van der Waals surface area contributed by atoms with Gasteiger partial charge in [0.15, 0.2) is 0 Å². The summed E-state index contributed by atoms with van der Waals surface area (Å²) in [5, 5.41) is 5.57. The Hall–Kier alpha value is -2.86. The number of allylic oxidation sites excluding steroid dienone is 2. The van der Waals surface area contributed by atoms with Crippen LogP contribution < -0.4 is 10.4 Å². The molecule has 3 aromatic rings. The molecule has 0 spiro atoms. The predicted octanol–water partition coefficient (Wildman–Crippen LogP) is 7.18. The van der Waals surface area contributed by atoms with Gasteiger partial charge in [0, 0.05) is 5.92 Å². The maximum atomic E-state index is 2.56. The van der Waals surface area contributed by atoms with Gasteiger partial charge < -0.3 is 0 Å². The highest BCUT2D eigenvalue weighted by Crippen LogP contribution is 2.47. The van der Waals surface area contributed by atoms with Crippen molar-refractivity contribution in [1.82, 2.24) is 0 Å². The Morgan fingerprint density at radius 1 is 0.788 bits per heavy atom. The van der Waals surface area contributed by atoms with Crippen LogP contribution in [-0.4, -0.2) is 0 Å². The van der Waals surface area contributed by atoms with E-state index in [4.69, 9.17) is 0 Å². The third-order valence-electron chi connectivity index (χ3n) is 7.32. The van der Waals surface area contributed by atoms with Gasteiger partial charge in [0.05, 0.1) is 0 Å². The van der Waals surface area contributed by atoms with Gasteiger partial charge in [-0.1, -0.05) is 108 Å². The first-order chi connectivity index (χ1) is 15.5. The molecule has 0 N–H and O–H groups in total. The normalized spacial score (nSPS) is 16.6. The Labute approximate surface area is 198 Å². The lowest BCUT2D eigenvalue weighted by Gasteiger charge is -2.25. The van der Waals surface area contributed by atoms with Gasteiger partial charge in [0.1, 0.15) is 0 Å². The van der Waals surface area contributed by atoms with Gasteiger partial charge in [-0.2, -0.15) is 0 Å². The maximum Gasteiger partial charge on any atom is 0.0293 e. The molecule has 0 saturated carbocycles. The van der Waals surface area contributed by atoms with E-state index in [1.165, 1.54) is 59.8 Å². The van der Waals surface area contributed by atoms with Crippen molar-refractivity contribution in [1.29, 1.82) is 0 Å². The molecular formula is C33H36. The summed E-state index contributed by atoms with van der Waals surface area (Å²) in [6, 6.07) is 20.5. The van der Waals surface area contributed by atoms with Gasteiger partial charge in [0.2, 0.25) is 0 Å². The molecule has 1 atom stereocenters. The minimum Gasteiger partial charge on any atom is -0.0688 e.